The Bertz CT molecular complexity index is 3100. The summed E-state index contributed by atoms with van der Waals surface area (Å²) < 4.78 is 6.56. The third kappa shape index (κ3) is 4.33. The second-order valence-corrected chi connectivity index (χ2v) is 14.9. The van der Waals surface area contributed by atoms with E-state index in [9.17, 15) is 0 Å². The first-order valence-electron chi connectivity index (χ1n) is 18.4. The highest BCUT2D eigenvalue weighted by Crippen LogP contribution is 2.57. The molecule has 0 unspecified atom stereocenters. The second-order valence-electron chi connectivity index (χ2n) is 14.9. The molecule has 53 heavy (non-hydrogen) atoms. The van der Waals surface area contributed by atoms with Crippen molar-refractivity contribution in [3.63, 3.8) is 0 Å². The molecule has 250 valence electrons. The van der Waals surface area contributed by atoms with Crippen LogP contribution < -0.4 is 4.90 Å². The Balaban J connectivity index is 1.31. The Morgan fingerprint density at radius 1 is 0.396 bits per heavy atom. The SMILES string of the molecule is CC1(C)c2cc3ccccc3cc2-c2c(N(c3ccc4ccccc4c3-c3cccc4ccccc34)c3cccc4oc5ccccc5c34)cccc21. The molecule has 2 nitrogen and oxygen atoms in total. The molecule has 0 amide bonds. The minimum Gasteiger partial charge on any atom is -0.456 e. The number of benzene rings is 9. The van der Waals surface area contributed by atoms with E-state index in [1.54, 1.807) is 0 Å². The van der Waals surface area contributed by atoms with Gasteiger partial charge in [-0.2, -0.15) is 0 Å². The minimum absolute atomic E-state index is 0.188. The predicted octanol–water partition coefficient (Wildman–Crippen LogP) is 14.5. The van der Waals surface area contributed by atoms with Crippen molar-refractivity contribution >= 4 is 71.3 Å². The van der Waals surface area contributed by atoms with Crippen molar-refractivity contribution in [1.82, 2.24) is 0 Å². The molecule has 0 saturated heterocycles. The Morgan fingerprint density at radius 2 is 0.981 bits per heavy atom. The van der Waals surface area contributed by atoms with E-state index in [1.165, 1.54) is 65.7 Å². The predicted molar refractivity (Wildman–Crippen MR) is 224 cm³/mol. The topological polar surface area (TPSA) is 16.4 Å². The molecule has 11 rings (SSSR count). The summed E-state index contributed by atoms with van der Waals surface area (Å²) in [7, 11) is 0. The monoisotopic (exact) mass is 677 g/mol. The largest absolute Gasteiger partial charge is 0.456 e. The quantitative estimate of drug-likeness (QED) is 0.184. The minimum atomic E-state index is -0.188. The van der Waals surface area contributed by atoms with Crippen molar-refractivity contribution in [2.24, 2.45) is 0 Å². The fourth-order valence-corrected chi connectivity index (χ4v) is 9.14. The number of furan rings is 1. The van der Waals surface area contributed by atoms with E-state index in [0.717, 1.165) is 39.0 Å². The van der Waals surface area contributed by atoms with Crippen LogP contribution in [0.1, 0.15) is 25.0 Å². The van der Waals surface area contributed by atoms with Gasteiger partial charge in [0.2, 0.25) is 0 Å². The number of nitrogens with zero attached hydrogens (tertiary/aromatic N) is 1. The molecule has 9 aromatic carbocycles. The summed E-state index contributed by atoms with van der Waals surface area (Å²) in [6.45, 7) is 4.75. The third-order valence-corrected chi connectivity index (χ3v) is 11.6. The van der Waals surface area contributed by atoms with Gasteiger partial charge in [-0.1, -0.05) is 147 Å². The molecule has 1 heterocycles. The van der Waals surface area contributed by atoms with E-state index in [0.29, 0.717) is 0 Å². The lowest BCUT2D eigenvalue weighted by Gasteiger charge is -2.32. The molecule has 0 fully saturated rings. The summed E-state index contributed by atoms with van der Waals surface area (Å²) >= 11 is 0. The molecule has 0 radical (unpaired) electrons. The lowest BCUT2D eigenvalue weighted by atomic mass is 9.82. The molecule has 0 N–H and O–H groups in total. The van der Waals surface area contributed by atoms with Gasteiger partial charge in [0.15, 0.2) is 0 Å². The Hall–Kier alpha value is -6.64. The standard InChI is InChI=1S/C51H35NO/c1-51(2)41-23-12-24-43(49(41)40-30-34-16-3-4-17-35(34)31-42(40)51)52(44-25-13-27-47-50(44)39-21-9-10-26-46(39)53-47)45-29-28-33-15-6-8-20-37(33)48(45)38-22-11-18-32-14-5-7-19-36(32)38/h3-31H,1-2H3. The van der Waals surface area contributed by atoms with E-state index in [4.69, 9.17) is 4.42 Å². The maximum Gasteiger partial charge on any atom is 0.137 e. The van der Waals surface area contributed by atoms with E-state index in [1.807, 2.05) is 0 Å². The first-order valence-corrected chi connectivity index (χ1v) is 18.4. The van der Waals surface area contributed by atoms with Gasteiger partial charge in [-0.15, -0.1) is 0 Å². The van der Waals surface area contributed by atoms with Crippen LogP contribution in [0.4, 0.5) is 17.1 Å². The van der Waals surface area contributed by atoms with Crippen LogP contribution in [-0.2, 0) is 5.41 Å². The third-order valence-electron chi connectivity index (χ3n) is 11.6. The molecular weight excluding hydrogens is 643 g/mol. The molecule has 0 bridgehead atoms. The summed E-state index contributed by atoms with van der Waals surface area (Å²) in [5.74, 6) is 0. The van der Waals surface area contributed by atoms with E-state index >= 15 is 0 Å². The Morgan fingerprint density at radius 3 is 1.81 bits per heavy atom. The molecular formula is C51H35NO. The molecule has 1 aromatic heterocycles. The zero-order valence-corrected chi connectivity index (χ0v) is 29.6. The van der Waals surface area contributed by atoms with Crippen molar-refractivity contribution in [2.75, 3.05) is 4.90 Å². The summed E-state index contributed by atoms with van der Waals surface area (Å²) in [5.41, 5.74) is 12.6. The van der Waals surface area contributed by atoms with Gasteiger partial charge in [0.1, 0.15) is 11.2 Å². The number of fused-ring (bicyclic) bond motifs is 9. The van der Waals surface area contributed by atoms with Crippen LogP contribution in [0.25, 0.3) is 76.5 Å². The van der Waals surface area contributed by atoms with Gasteiger partial charge in [0.25, 0.3) is 0 Å². The fourth-order valence-electron chi connectivity index (χ4n) is 9.14. The van der Waals surface area contributed by atoms with E-state index in [-0.39, 0.29) is 5.41 Å². The summed E-state index contributed by atoms with van der Waals surface area (Å²) in [5, 5.41) is 9.62. The summed E-state index contributed by atoms with van der Waals surface area (Å²) in [6, 6.07) is 64.3. The highest BCUT2D eigenvalue weighted by atomic mass is 16.3. The zero-order chi connectivity index (χ0) is 35.3. The molecule has 0 atom stereocenters. The smallest absolute Gasteiger partial charge is 0.137 e. The van der Waals surface area contributed by atoms with Crippen molar-refractivity contribution in [2.45, 2.75) is 19.3 Å². The van der Waals surface area contributed by atoms with Crippen LogP contribution >= 0.6 is 0 Å². The molecule has 1 aliphatic rings. The van der Waals surface area contributed by atoms with Crippen LogP contribution in [0, 0.1) is 0 Å². The number of hydrogen-bond acceptors (Lipinski definition) is 2. The summed E-state index contributed by atoms with van der Waals surface area (Å²) in [6.07, 6.45) is 0. The van der Waals surface area contributed by atoms with Gasteiger partial charge in [0.05, 0.1) is 22.4 Å². The molecule has 0 aliphatic heterocycles. The average Bonchev–Trinajstić information content (AvgIpc) is 3.69. The average molecular weight is 678 g/mol. The highest BCUT2D eigenvalue weighted by Gasteiger charge is 2.39. The maximum absolute atomic E-state index is 6.56. The Kier molecular flexibility index (Phi) is 6.33. The van der Waals surface area contributed by atoms with Crippen LogP contribution in [0.5, 0.6) is 0 Å². The Labute approximate surface area is 308 Å². The van der Waals surface area contributed by atoms with Gasteiger partial charge >= 0.3 is 0 Å². The molecule has 0 spiro atoms. The van der Waals surface area contributed by atoms with Crippen molar-refractivity contribution in [3.8, 4) is 22.3 Å². The van der Waals surface area contributed by atoms with Crippen LogP contribution in [0.15, 0.2) is 180 Å². The first-order chi connectivity index (χ1) is 26.1. The number of anilines is 3. The lowest BCUT2D eigenvalue weighted by Crippen LogP contribution is -2.16. The normalized spacial score (nSPS) is 13.2. The van der Waals surface area contributed by atoms with Crippen molar-refractivity contribution in [3.05, 3.63) is 187 Å². The molecule has 2 heteroatoms. The van der Waals surface area contributed by atoms with Gasteiger partial charge < -0.3 is 9.32 Å². The van der Waals surface area contributed by atoms with Crippen molar-refractivity contribution < 1.29 is 4.42 Å². The zero-order valence-electron chi connectivity index (χ0n) is 29.6. The second kappa shape index (κ2) is 11.2. The molecule has 0 saturated carbocycles. The van der Waals surface area contributed by atoms with Crippen LogP contribution in [0.3, 0.4) is 0 Å². The number of hydrogen-bond donors (Lipinski definition) is 0. The number of para-hydroxylation sites is 1. The highest BCUT2D eigenvalue weighted by molar-refractivity contribution is 6.17. The number of rotatable bonds is 4. The lowest BCUT2D eigenvalue weighted by molar-refractivity contribution is 0.661. The summed E-state index contributed by atoms with van der Waals surface area (Å²) in [4.78, 5) is 2.53. The van der Waals surface area contributed by atoms with Crippen molar-refractivity contribution in [1.29, 1.82) is 0 Å². The van der Waals surface area contributed by atoms with Crippen LogP contribution in [0.2, 0.25) is 0 Å². The molecule has 1 aliphatic carbocycles. The van der Waals surface area contributed by atoms with E-state index in [2.05, 4.69) is 195 Å². The van der Waals surface area contributed by atoms with Crippen LogP contribution in [-0.4, -0.2) is 0 Å². The first kappa shape index (κ1) is 30.0. The van der Waals surface area contributed by atoms with Gasteiger partial charge in [-0.05, 0) is 97.0 Å². The fraction of sp³-hybridized carbons (Fsp3) is 0.0588. The maximum atomic E-state index is 6.56. The van der Waals surface area contributed by atoms with Gasteiger partial charge in [0, 0.05) is 21.9 Å². The van der Waals surface area contributed by atoms with E-state index < -0.39 is 0 Å². The van der Waals surface area contributed by atoms with Gasteiger partial charge in [-0.3, -0.25) is 0 Å². The van der Waals surface area contributed by atoms with Gasteiger partial charge in [-0.25, -0.2) is 0 Å². The molecule has 10 aromatic rings.